The number of nitrogens with one attached hydrogen (secondary N) is 3. The van der Waals surface area contributed by atoms with Gasteiger partial charge in [-0.1, -0.05) is 30.3 Å². The summed E-state index contributed by atoms with van der Waals surface area (Å²) >= 11 is 1.37. The summed E-state index contributed by atoms with van der Waals surface area (Å²) in [5, 5.41) is 18.3. The summed E-state index contributed by atoms with van der Waals surface area (Å²) in [6, 6.07) is 12.0. The number of hydrogen-bond acceptors (Lipinski definition) is 8. The zero-order valence-electron chi connectivity index (χ0n) is 24.1. The fourth-order valence-electron chi connectivity index (χ4n) is 4.55. The number of carbonyl (C=O) groups excluding carboxylic acids is 3. The van der Waals surface area contributed by atoms with Gasteiger partial charge in [0.2, 0.25) is 17.7 Å². The van der Waals surface area contributed by atoms with Crippen LogP contribution in [-0.2, 0) is 31.4 Å². The molecule has 2 aromatic carbocycles. The molecule has 12 heteroatoms. The van der Waals surface area contributed by atoms with Crippen LogP contribution in [0.5, 0.6) is 0 Å². The molecule has 3 amide bonds. The molecular weight excluding hydrogens is 574 g/mol. The van der Waals surface area contributed by atoms with Gasteiger partial charge in [-0.3, -0.25) is 14.4 Å². The molecule has 4 aromatic rings. The lowest BCUT2D eigenvalue weighted by Gasteiger charge is -2.15. The number of hydrogen-bond donors (Lipinski definition) is 4. The third-order valence-corrected chi connectivity index (χ3v) is 8.21. The Hall–Kier alpha value is -4.58. The first-order valence-corrected chi connectivity index (χ1v) is 14.8. The number of rotatable bonds is 13. The number of thioether (sulfide) groups is 1. The van der Waals surface area contributed by atoms with E-state index in [9.17, 15) is 29.1 Å². The van der Waals surface area contributed by atoms with Crippen molar-refractivity contribution < 1.29 is 33.1 Å². The summed E-state index contributed by atoms with van der Waals surface area (Å²) in [4.78, 5) is 61.0. The average molecular weight is 608 g/mol. The fraction of sp³-hybridized carbons (Fsp3) is 0.323. The molecule has 0 aliphatic heterocycles. The molecule has 0 radical (unpaired) electrons. The molecule has 4 N–H and O–H groups in total. The van der Waals surface area contributed by atoms with Gasteiger partial charge in [0.05, 0.1) is 13.1 Å². The second-order valence-corrected chi connectivity index (χ2v) is 11.2. The Morgan fingerprint density at radius 2 is 1.51 bits per heavy atom. The van der Waals surface area contributed by atoms with Crippen LogP contribution in [0.4, 0.5) is 0 Å². The van der Waals surface area contributed by atoms with E-state index in [2.05, 4.69) is 16.0 Å². The molecular formula is C31H33N3O8S. The molecule has 0 saturated carbocycles. The van der Waals surface area contributed by atoms with Crippen LogP contribution in [-0.4, -0.2) is 53.7 Å². The Labute approximate surface area is 251 Å². The highest BCUT2D eigenvalue weighted by Crippen LogP contribution is 2.31. The SMILES string of the molecule is Cc1oc2cc3oc(=O)c(CCC(=O)NCC(=O)NCC(=O)N[C@@H](CSCc4ccccc4)C(=O)O)c(C)c3cc2c1C. The van der Waals surface area contributed by atoms with Crippen LogP contribution in [0, 0.1) is 20.8 Å². The number of carbonyl (C=O) groups is 4. The average Bonchev–Trinajstić information content (AvgIpc) is 3.25. The molecule has 0 fully saturated rings. The maximum atomic E-state index is 12.7. The van der Waals surface area contributed by atoms with E-state index in [0.29, 0.717) is 28.0 Å². The third-order valence-electron chi connectivity index (χ3n) is 7.11. The largest absolute Gasteiger partial charge is 0.480 e. The van der Waals surface area contributed by atoms with Crippen molar-refractivity contribution in [3.63, 3.8) is 0 Å². The number of aliphatic carboxylic acids is 1. The van der Waals surface area contributed by atoms with Crippen LogP contribution >= 0.6 is 11.8 Å². The molecule has 0 saturated heterocycles. The molecule has 1 atom stereocenters. The van der Waals surface area contributed by atoms with Crippen LogP contribution in [0.25, 0.3) is 21.9 Å². The van der Waals surface area contributed by atoms with Gasteiger partial charge in [0, 0.05) is 40.3 Å². The van der Waals surface area contributed by atoms with Crippen molar-refractivity contribution in [1.82, 2.24) is 16.0 Å². The Kier molecular flexibility index (Phi) is 10.3. The predicted molar refractivity (Wildman–Crippen MR) is 163 cm³/mol. The number of furan rings is 1. The predicted octanol–water partition coefficient (Wildman–Crippen LogP) is 3.13. The van der Waals surface area contributed by atoms with Gasteiger partial charge < -0.3 is 29.9 Å². The van der Waals surface area contributed by atoms with Crippen molar-refractivity contribution in [2.75, 3.05) is 18.8 Å². The maximum Gasteiger partial charge on any atom is 0.339 e. The Morgan fingerprint density at radius 3 is 2.23 bits per heavy atom. The summed E-state index contributed by atoms with van der Waals surface area (Å²) < 4.78 is 11.2. The van der Waals surface area contributed by atoms with Gasteiger partial charge in [-0.05, 0) is 49.9 Å². The number of benzene rings is 2. The monoisotopic (exact) mass is 607 g/mol. The van der Waals surface area contributed by atoms with Crippen molar-refractivity contribution in [2.24, 2.45) is 0 Å². The number of amides is 3. The van der Waals surface area contributed by atoms with E-state index in [0.717, 1.165) is 27.7 Å². The minimum Gasteiger partial charge on any atom is -0.480 e. The number of fused-ring (bicyclic) bond motifs is 2. The van der Waals surface area contributed by atoms with E-state index in [-0.39, 0.29) is 25.1 Å². The van der Waals surface area contributed by atoms with E-state index >= 15 is 0 Å². The number of carboxylic acid groups (broad SMARTS) is 1. The van der Waals surface area contributed by atoms with Crippen LogP contribution in [0.15, 0.2) is 56.1 Å². The van der Waals surface area contributed by atoms with Crippen LogP contribution in [0.1, 0.15) is 34.4 Å². The third kappa shape index (κ3) is 8.04. The van der Waals surface area contributed by atoms with Crippen LogP contribution in [0.3, 0.4) is 0 Å². The highest BCUT2D eigenvalue weighted by molar-refractivity contribution is 7.98. The van der Waals surface area contributed by atoms with E-state index < -0.39 is 41.9 Å². The zero-order chi connectivity index (χ0) is 31.1. The first-order valence-electron chi connectivity index (χ1n) is 13.7. The van der Waals surface area contributed by atoms with E-state index in [4.69, 9.17) is 8.83 Å². The van der Waals surface area contributed by atoms with Gasteiger partial charge in [-0.15, -0.1) is 0 Å². The standard InChI is InChI=1S/C31H33N3O8S/c1-17-19(3)41-25-12-26-23(11-22(17)25)18(2)21(31(40)42-26)9-10-27(35)32-13-28(36)33-14-29(37)34-24(30(38)39)16-43-15-20-7-5-4-6-8-20/h4-8,11-12,24H,9-10,13-16H2,1-3H3,(H,32,35)(H,33,36)(H,34,37)(H,38,39)/t24-/m0/s1. The summed E-state index contributed by atoms with van der Waals surface area (Å²) in [6.45, 7) is 4.79. The van der Waals surface area contributed by atoms with Crippen molar-refractivity contribution in [1.29, 1.82) is 0 Å². The molecule has 0 bridgehead atoms. The Morgan fingerprint density at radius 1 is 0.860 bits per heavy atom. The van der Waals surface area contributed by atoms with Gasteiger partial charge in [0.25, 0.3) is 0 Å². The van der Waals surface area contributed by atoms with Gasteiger partial charge in [0.1, 0.15) is 23.0 Å². The van der Waals surface area contributed by atoms with Gasteiger partial charge in [-0.2, -0.15) is 11.8 Å². The van der Waals surface area contributed by atoms with Gasteiger partial charge in [0.15, 0.2) is 0 Å². The molecule has 0 aliphatic rings. The smallest absolute Gasteiger partial charge is 0.339 e. The highest BCUT2D eigenvalue weighted by Gasteiger charge is 2.21. The van der Waals surface area contributed by atoms with E-state index in [1.54, 1.807) is 13.0 Å². The highest BCUT2D eigenvalue weighted by atomic mass is 32.2. The fourth-order valence-corrected chi connectivity index (χ4v) is 5.56. The second kappa shape index (κ2) is 14.1. The molecule has 2 heterocycles. The minimum atomic E-state index is -1.18. The van der Waals surface area contributed by atoms with Crippen molar-refractivity contribution in [3.05, 3.63) is 80.9 Å². The maximum absolute atomic E-state index is 12.7. The van der Waals surface area contributed by atoms with Crippen molar-refractivity contribution >= 4 is 57.4 Å². The molecule has 11 nitrogen and oxygen atoms in total. The van der Waals surface area contributed by atoms with Crippen molar-refractivity contribution in [3.8, 4) is 0 Å². The second-order valence-electron chi connectivity index (χ2n) is 10.1. The molecule has 0 spiro atoms. The van der Waals surface area contributed by atoms with Crippen LogP contribution < -0.4 is 21.6 Å². The Bertz CT molecular complexity index is 1730. The molecule has 0 aliphatic carbocycles. The number of aryl methyl sites for hydroxylation is 3. The molecule has 43 heavy (non-hydrogen) atoms. The summed E-state index contributed by atoms with van der Waals surface area (Å²) in [5.41, 5.74) is 3.61. The number of carboxylic acids is 1. The summed E-state index contributed by atoms with van der Waals surface area (Å²) in [7, 11) is 0. The first-order chi connectivity index (χ1) is 20.5. The van der Waals surface area contributed by atoms with Gasteiger partial charge in [-0.25, -0.2) is 9.59 Å². The zero-order valence-corrected chi connectivity index (χ0v) is 24.9. The minimum absolute atomic E-state index is 0.0576. The lowest BCUT2D eigenvalue weighted by molar-refractivity contribution is -0.141. The van der Waals surface area contributed by atoms with Gasteiger partial charge >= 0.3 is 11.6 Å². The topological polar surface area (TPSA) is 168 Å². The lowest BCUT2D eigenvalue weighted by Crippen LogP contribution is -2.48. The first kappa shape index (κ1) is 31.4. The van der Waals surface area contributed by atoms with E-state index in [1.165, 1.54) is 11.8 Å². The normalized spacial score (nSPS) is 11.8. The molecule has 2 aromatic heterocycles. The Balaban J connectivity index is 1.22. The summed E-state index contributed by atoms with van der Waals surface area (Å²) in [6.07, 6.45) is 0.0537. The molecule has 226 valence electrons. The summed E-state index contributed by atoms with van der Waals surface area (Å²) in [5.74, 6) is -1.39. The quantitative estimate of drug-likeness (QED) is 0.167. The lowest BCUT2D eigenvalue weighted by atomic mass is 10.0. The molecule has 0 unspecified atom stereocenters. The molecule has 4 rings (SSSR count). The van der Waals surface area contributed by atoms with E-state index in [1.807, 2.05) is 50.2 Å². The van der Waals surface area contributed by atoms with Crippen LogP contribution in [0.2, 0.25) is 0 Å². The van der Waals surface area contributed by atoms with Crippen molar-refractivity contribution in [2.45, 2.75) is 45.4 Å².